The molecule has 0 aromatic heterocycles. The highest BCUT2D eigenvalue weighted by molar-refractivity contribution is 7.92. The monoisotopic (exact) mass is 308 g/mol. The van der Waals surface area contributed by atoms with Gasteiger partial charge in [-0.2, -0.15) is 0 Å². The maximum absolute atomic E-state index is 13.1. The Morgan fingerprint density at radius 3 is 2.33 bits per heavy atom. The molecule has 2 aromatic carbocycles. The molecule has 0 radical (unpaired) electrons. The Bertz CT molecular complexity index is 775. The second kappa shape index (κ2) is 5.92. The molecule has 7 heteroatoms. The van der Waals surface area contributed by atoms with E-state index in [9.17, 15) is 17.6 Å². The predicted molar refractivity (Wildman–Crippen MR) is 79.3 cm³/mol. The molecule has 0 fully saturated rings. The van der Waals surface area contributed by atoms with E-state index in [0.29, 0.717) is 0 Å². The first-order valence-corrected chi connectivity index (χ1v) is 7.88. The summed E-state index contributed by atoms with van der Waals surface area (Å²) in [5.41, 5.74) is 0.672. The van der Waals surface area contributed by atoms with Crippen molar-refractivity contribution >= 4 is 27.3 Å². The zero-order chi connectivity index (χ0) is 15.5. The summed E-state index contributed by atoms with van der Waals surface area (Å²) in [6.45, 7) is 0. The van der Waals surface area contributed by atoms with Crippen molar-refractivity contribution in [3.63, 3.8) is 0 Å². The molecule has 0 saturated heterocycles. The molecule has 21 heavy (non-hydrogen) atoms. The van der Waals surface area contributed by atoms with Gasteiger partial charge in [-0.3, -0.25) is 9.52 Å². The molecule has 0 saturated carbocycles. The first-order chi connectivity index (χ1) is 9.85. The maximum Gasteiger partial charge on any atom is 0.255 e. The van der Waals surface area contributed by atoms with Gasteiger partial charge in [-0.25, -0.2) is 12.8 Å². The molecule has 110 valence electrons. The highest BCUT2D eigenvalue weighted by Gasteiger charge is 2.11. The highest BCUT2D eigenvalue weighted by atomic mass is 32.2. The number of hydrogen-bond acceptors (Lipinski definition) is 3. The van der Waals surface area contributed by atoms with Gasteiger partial charge in [0.1, 0.15) is 5.82 Å². The minimum absolute atomic E-state index is 0.143. The van der Waals surface area contributed by atoms with Gasteiger partial charge in [-0.1, -0.05) is 18.2 Å². The van der Waals surface area contributed by atoms with Crippen molar-refractivity contribution < 1.29 is 17.6 Å². The number of hydrogen-bond donors (Lipinski definition) is 2. The first kappa shape index (κ1) is 15.0. The lowest BCUT2D eigenvalue weighted by atomic mass is 10.2. The molecule has 1 amide bonds. The molecule has 0 aliphatic carbocycles. The molecule has 0 atom stereocenters. The van der Waals surface area contributed by atoms with Crippen molar-refractivity contribution in [1.82, 2.24) is 0 Å². The SMILES string of the molecule is CS(=O)(=O)Nc1ccccc1NC(=O)c1cccc(F)c1. The van der Waals surface area contributed by atoms with Gasteiger partial charge in [0, 0.05) is 5.56 Å². The Labute approximate surface area is 121 Å². The number of nitrogens with one attached hydrogen (secondary N) is 2. The van der Waals surface area contributed by atoms with Gasteiger partial charge < -0.3 is 5.32 Å². The number of sulfonamides is 1. The largest absolute Gasteiger partial charge is 0.320 e. The highest BCUT2D eigenvalue weighted by Crippen LogP contribution is 2.22. The van der Waals surface area contributed by atoms with Crippen molar-refractivity contribution in [3.05, 3.63) is 59.9 Å². The molecule has 2 rings (SSSR count). The van der Waals surface area contributed by atoms with Crippen LogP contribution in [0.3, 0.4) is 0 Å². The summed E-state index contributed by atoms with van der Waals surface area (Å²) in [7, 11) is -3.47. The predicted octanol–water partition coefficient (Wildman–Crippen LogP) is 2.45. The number of anilines is 2. The van der Waals surface area contributed by atoms with Crippen LogP contribution in [0.4, 0.5) is 15.8 Å². The first-order valence-electron chi connectivity index (χ1n) is 5.99. The van der Waals surface area contributed by atoms with E-state index in [1.54, 1.807) is 18.2 Å². The standard InChI is InChI=1S/C14H13FN2O3S/c1-21(19,20)17-13-8-3-2-7-12(13)16-14(18)10-5-4-6-11(15)9-10/h2-9,17H,1H3,(H,16,18). The molecular weight excluding hydrogens is 295 g/mol. The summed E-state index contributed by atoms with van der Waals surface area (Å²) in [4.78, 5) is 12.0. The van der Waals surface area contributed by atoms with Crippen LogP contribution in [-0.2, 0) is 10.0 Å². The van der Waals surface area contributed by atoms with Crippen molar-refractivity contribution in [2.45, 2.75) is 0 Å². The summed E-state index contributed by atoms with van der Waals surface area (Å²) in [6, 6.07) is 11.6. The molecule has 5 nitrogen and oxygen atoms in total. The molecule has 0 unspecified atom stereocenters. The van der Waals surface area contributed by atoms with Gasteiger partial charge in [0.15, 0.2) is 0 Å². The minimum Gasteiger partial charge on any atom is -0.320 e. The third-order valence-corrected chi connectivity index (χ3v) is 3.15. The van der Waals surface area contributed by atoms with E-state index >= 15 is 0 Å². The summed E-state index contributed by atoms with van der Waals surface area (Å²) < 4.78 is 38.0. The zero-order valence-electron chi connectivity index (χ0n) is 11.1. The van der Waals surface area contributed by atoms with E-state index in [0.717, 1.165) is 12.3 Å². The van der Waals surface area contributed by atoms with E-state index in [1.165, 1.54) is 24.3 Å². The van der Waals surface area contributed by atoms with Gasteiger partial charge in [-0.05, 0) is 30.3 Å². The minimum atomic E-state index is -3.47. The Morgan fingerprint density at radius 1 is 1.05 bits per heavy atom. The van der Waals surface area contributed by atoms with Gasteiger partial charge in [0.05, 0.1) is 17.6 Å². The number of para-hydroxylation sites is 2. The lowest BCUT2D eigenvalue weighted by Crippen LogP contribution is -2.16. The molecular formula is C14H13FN2O3S. The lowest BCUT2D eigenvalue weighted by molar-refractivity contribution is 0.102. The smallest absolute Gasteiger partial charge is 0.255 e. The van der Waals surface area contributed by atoms with Crippen molar-refractivity contribution in [2.75, 3.05) is 16.3 Å². The molecule has 2 aromatic rings. The van der Waals surface area contributed by atoms with E-state index in [-0.39, 0.29) is 16.9 Å². The van der Waals surface area contributed by atoms with Gasteiger partial charge in [0.25, 0.3) is 5.91 Å². The fraction of sp³-hybridized carbons (Fsp3) is 0.0714. The van der Waals surface area contributed by atoms with Crippen LogP contribution in [0.1, 0.15) is 10.4 Å². The van der Waals surface area contributed by atoms with Crippen LogP contribution in [-0.4, -0.2) is 20.6 Å². The third kappa shape index (κ3) is 4.28. The molecule has 0 spiro atoms. The van der Waals surface area contributed by atoms with Crippen molar-refractivity contribution in [2.24, 2.45) is 0 Å². The number of carbonyl (C=O) groups excluding carboxylic acids is 1. The normalized spacial score (nSPS) is 11.0. The van der Waals surface area contributed by atoms with Crippen molar-refractivity contribution in [1.29, 1.82) is 0 Å². The van der Waals surface area contributed by atoms with E-state index in [2.05, 4.69) is 10.0 Å². The number of carbonyl (C=O) groups is 1. The third-order valence-electron chi connectivity index (χ3n) is 2.56. The van der Waals surface area contributed by atoms with E-state index < -0.39 is 21.7 Å². The van der Waals surface area contributed by atoms with Gasteiger partial charge in [0.2, 0.25) is 10.0 Å². The summed E-state index contributed by atoms with van der Waals surface area (Å²) in [5, 5.41) is 2.54. The average molecular weight is 308 g/mol. The Balaban J connectivity index is 2.26. The second-order valence-electron chi connectivity index (χ2n) is 4.38. The quantitative estimate of drug-likeness (QED) is 0.911. The van der Waals surface area contributed by atoms with Crippen LogP contribution in [0.15, 0.2) is 48.5 Å². The van der Waals surface area contributed by atoms with Crippen LogP contribution in [0.5, 0.6) is 0 Å². The lowest BCUT2D eigenvalue weighted by Gasteiger charge is -2.11. The van der Waals surface area contributed by atoms with Crippen molar-refractivity contribution in [3.8, 4) is 0 Å². The summed E-state index contributed by atoms with van der Waals surface area (Å²) in [6.07, 6.45) is 1.01. The fourth-order valence-corrected chi connectivity index (χ4v) is 2.28. The van der Waals surface area contributed by atoms with Crippen LogP contribution in [0, 0.1) is 5.82 Å². The van der Waals surface area contributed by atoms with Gasteiger partial charge >= 0.3 is 0 Å². The topological polar surface area (TPSA) is 75.3 Å². The van der Waals surface area contributed by atoms with Crippen LogP contribution in [0.25, 0.3) is 0 Å². The Kier molecular flexibility index (Phi) is 4.23. The molecule has 0 heterocycles. The fourth-order valence-electron chi connectivity index (χ4n) is 1.71. The summed E-state index contributed by atoms with van der Waals surface area (Å²) in [5.74, 6) is -1.05. The van der Waals surface area contributed by atoms with E-state index in [4.69, 9.17) is 0 Å². The number of benzene rings is 2. The number of amides is 1. The zero-order valence-corrected chi connectivity index (χ0v) is 11.9. The Morgan fingerprint density at radius 2 is 1.71 bits per heavy atom. The molecule has 0 bridgehead atoms. The summed E-state index contributed by atoms with van der Waals surface area (Å²) >= 11 is 0. The van der Waals surface area contributed by atoms with Crippen LogP contribution in [0.2, 0.25) is 0 Å². The average Bonchev–Trinajstić information content (AvgIpc) is 2.39. The Hall–Kier alpha value is -2.41. The molecule has 0 aliphatic rings. The van der Waals surface area contributed by atoms with Crippen LogP contribution < -0.4 is 10.0 Å². The molecule has 0 aliphatic heterocycles. The number of halogens is 1. The maximum atomic E-state index is 13.1. The van der Waals surface area contributed by atoms with Gasteiger partial charge in [-0.15, -0.1) is 0 Å². The van der Waals surface area contributed by atoms with E-state index in [1.807, 2.05) is 0 Å². The van der Waals surface area contributed by atoms with Crippen LogP contribution >= 0.6 is 0 Å². The number of rotatable bonds is 4. The second-order valence-corrected chi connectivity index (χ2v) is 6.13. The molecule has 2 N–H and O–H groups in total.